The zero-order chi connectivity index (χ0) is 16.9. The average molecular weight is 324 g/mol. The van der Waals surface area contributed by atoms with Crippen LogP contribution in [0.5, 0.6) is 0 Å². The lowest BCUT2D eigenvalue weighted by Crippen LogP contribution is -2.48. The summed E-state index contributed by atoms with van der Waals surface area (Å²) < 4.78 is 0. The highest BCUT2D eigenvalue weighted by Gasteiger charge is 2.57. The summed E-state index contributed by atoms with van der Waals surface area (Å²) in [6.07, 6.45) is 9.18. The second-order valence-electron chi connectivity index (χ2n) is 7.54. The standard InChI is InChI=1S/C18H32N2O3/c1-17-8-6-15(5-4-11-21)13-18(17,22)9-7-16(17)14-19-23-12-10-20(2)3/h5,14,16,21-22H,4,6-13H2,1-3H3/b15-5+,19-14+/t16-,17-,18+/m1/s1. The molecule has 3 atom stereocenters. The van der Waals surface area contributed by atoms with E-state index in [1.807, 2.05) is 20.3 Å². The van der Waals surface area contributed by atoms with Crippen molar-refractivity contribution >= 4 is 6.21 Å². The van der Waals surface area contributed by atoms with E-state index in [-0.39, 0.29) is 17.9 Å². The van der Waals surface area contributed by atoms with Gasteiger partial charge in [-0.1, -0.05) is 23.7 Å². The minimum atomic E-state index is -0.646. The fourth-order valence-corrected chi connectivity index (χ4v) is 4.01. The van der Waals surface area contributed by atoms with Gasteiger partial charge in [-0.3, -0.25) is 0 Å². The van der Waals surface area contributed by atoms with E-state index in [1.54, 1.807) is 0 Å². The Balaban J connectivity index is 1.95. The number of aliphatic hydroxyl groups is 2. The molecule has 0 aromatic rings. The molecular formula is C18H32N2O3. The Hall–Kier alpha value is -0.910. The largest absolute Gasteiger partial charge is 0.396 e. The maximum Gasteiger partial charge on any atom is 0.129 e. The molecule has 0 amide bonds. The maximum absolute atomic E-state index is 11.2. The summed E-state index contributed by atoms with van der Waals surface area (Å²) in [4.78, 5) is 7.41. The summed E-state index contributed by atoms with van der Waals surface area (Å²) in [5.74, 6) is 0.270. The number of rotatable bonds is 7. The number of hydrogen-bond acceptors (Lipinski definition) is 5. The lowest BCUT2D eigenvalue weighted by molar-refractivity contribution is -0.0759. The summed E-state index contributed by atoms with van der Waals surface area (Å²) >= 11 is 0. The molecule has 0 spiro atoms. The van der Waals surface area contributed by atoms with Crippen molar-refractivity contribution < 1.29 is 15.1 Å². The molecule has 132 valence electrons. The Morgan fingerprint density at radius 2 is 2.17 bits per heavy atom. The summed E-state index contributed by atoms with van der Waals surface area (Å²) in [6, 6.07) is 0. The van der Waals surface area contributed by atoms with Crippen LogP contribution < -0.4 is 0 Å². The Bertz CT molecular complexity index is 450. The van der Waals surface area contributed by atoms with Gasteiger partial charge in [0.2, 0.25) is 0 Å². The number of oxime groups is 1. The molecule has 2 saturated carbocycles. The predicted molar refractivity (Wildman–Crippen MR) is 92.4 cm³/mol. The topological polar surface area (TPSA) is 65.3 Å². The van der Waals surface area contributed by atoms with E-state index in [0.717, 1.165) is 38.6 Å². The SMILES string of the molecule is CN(C)CCO/N=C/[C@H]1CC[C@]2(O)C/C(=C/CCO)CC[C@]12C. The van der Waals surface area contributed by atoms with Crippen LogP contribution >= 0.6 is 0 Å². The van der Waals surface area contributed by atoms with Crippen LogP contribution in [0.4, 0.5) is 0 Å². The minimum absolute atomic E-state index is 0.127. The first kappa shape index (κ1) is 18.4. The third kappa shape index (κ3) is 4.14. The van der Waals surface area contributed by atoms with Crippen LogP contribution in [0.25, 0.3) is 0 Å². The molecule has 0 aliphatic heterocycles. The first-order chi connectivity index (χ1) is 10.9. The molecule has 0 heterocycles. The van der Waals surface area contributed by atoms with Gasteiger partial charge in [-0.25, -0.2) is 0 Å². The third-order valence-corrected chi connectivity index (χ3v) is 5.74. The number of fused-ring (bicyclic) bond motifs is 1. The van der Waals surface area contributed by atoms with Crippen LogP contribution in [0.3, 0.4) is 0 Å². The van der Waals surface area contributed by atoms with Crippen LogP contribution in [0.2, 0.25) is 0 Å². The third-order valence-electron chi connectivity index (χ3n) is 5.74. The molecule has 2 rings (SSSR count). The fourth-order valence-electron chi connectivity index (χ4n) is 4.01. The van der Waals surface area contributed by atoms with Crippen LogP contribution in [-0.2, 0) is 4.84 Å². The molecule has 0 unspecified atom stereocenters. The van der Waals surface area contributed by atoms with E-state index in [0.29, 0.717) is 13.0 Å². The molecule has 2 N–H and O–H groups in total. The molecule has 0 aromatic carbocycles. The molecule has 5 nitrogen and oxygen atoms in total. The van der Waals surface area contributed by atoms with Crippen LogP contribution in [-0.4, -0.2) is 60.8 Å². The van der Waals surface area contributed by atoms with E-state index < -0.39 is 5.60 Å². The van der Waals surface area contributed by atoms with Gasteiger partial charge in [0.05, 0.1) is 5.60 Å². The Morgan fingerprint density at radius 3 is 2.87 bits per heavy atom. The summed E-state index contributed by atoms with van der Waals surface area (Å²) in [6.45, 7) is 3.81. The Labute approximate surface area is 140 Å². The highest BCUT2D eigenvalue weighted by molar-refractivity contribution is 5.63. The fraction of sp³-hybridized carbons (Fsp3) is 0.833. The minimum Gasteiger partial charge on any atom is -0.396 e. The highest BCUT2D eigenvalue weighted by atomic mass is 16.6. The first-order valence-corrected chi connectivity index (χ1v) is 8.72. The van der Waals surface area contributed by atoms with Gasteiger partial charge in [-0.2, -0.15) is 0 Å². The van der Waals surface area contributed by atoms with Gasteiger partial charge in [-0.05, 0) is 52.6 Å². The van der Waals surface area contributed by atoms with Crippen molar-refractivity contribution in [3.05, 3.63) is 11.6 Å². The average Bonchev–Trinajstić information content (AvgIpc) is 2.76. The van der Waals surface area contributed by atoms with Gasteiger partial charge in [0.25, 0.3) is 0 Å². The van der Waals surface area contributed by atoms with E-state index >= 15 is 0 Å². The first-order valence-electron chi connectivity index (χ1n) is 8.72. The van der Waals surface area contributed by atoms with Crippen molar-refractivity contribution in [2.75, 3.05) is 33.9 Å². The molecule has 2 aliphatic rings. The second kappa shape index (κ2) is 7.77. The van der Waals surface area contributed by atoms with Crippen molar-refractivity contribution in [2.45, 2.75) is 51.0 Å². The van der Waals surface area contributed by atoms with Crippen molar-refractivity contribution in [2.24, 2.45) is 16.5 Å². The molecule has 0 radical (unpaired) electrons. The van der Waals surface area contributed by atoms with Gasteiger partial charge in [0.1, 0.15) is 6.61 Å². The Morgan fingerprint density at radius 1 is 1.39 bits per heavy atom. The zero-order valence-electron chi connectivity index (χ0n) is 14.8. The summed E-state index contributed by atoms with van der Waals surface area (Å²) in [7, 11) is 4.02. The lowest BCUT2D eigenvalue weighted by atomic mass is 9.61. The molecule has 2 fully saturated rings. The van der Waals surface area contributed by atoms with Gasteiger partial charge in [-0.15, -0.1) is 0 Å². The monoisotopic (exact) mass is 324 g/mol. The van der Waals surface area contributed by atoms with Gasteiger partial charge in [0.15, 0.2) is 0 Å². The molecule has 0 saturated heterocycles. The zero-order valence-corrected chi connectivity index (χ0v) is 14.8. The van der Waals surface area contributed by atoms with Gasteiger partial charge >= 0.3 is 0 Å². The van der Waals surface area contributed by atoms with Crippen molar-refractivity contribution in [3.63, 3.8) is 0 Å². The lowest BCUT2D eigenvalue weighted by Gasteiger charge is -2.47. The normalized spacial score (nSPS) is 36.1. The molecule has 2 aliphatic carbocycles. The van der Waals surface area contributed by atoms with Gasteiger partial charge in [0, 0.05) is 30.7 Å². The van der Waals surface area contributed by atoms with Crippen LogP contribution in [0.1, 0.15) is 45.4 Å². The molecular weight excluding hydrogens is 292 g/mol. The van der Waals surface area contributed by atoms with E-state index in [4.69, 9.17) is 9.94 Å². The van der Waals surface area contributed by atoms with Crippen molar-refractivity contribution in [1.82, 2.24) is 4.90 Å². The van der Waals surface area contributed by atoms with Gasteiger partial charge < -0.3 is 20.0 Å². The molecule has 0 bridgehead atoms. The number of nitrogens with zero attached hydrogens (tertiary/aromatic N) is 2. The summed E-state index contributed by atoms with van der Waals surface area (Å²) in [5.41, 5.74) is 0.518. The van der Waals surface area contributed by atoms with Crippen LogP contribution in [0.15, 0.2) is 16.8 Å². The second-order valence-corrected chi connectivity index (χ2v) is 7.54. The highest BCUT2D eigenvalue weighted by Crippen LogP contribution is 2.58. The quantitative estimate of drug-likeness (QED) is 0.326. The maximum atomic E-state index is 11.2. The van der Waals surface area contributed by atoms with Crippen molar-refractivity contribution in [3.8, 4) is 0 Å². The number of aliphatic hydroxyl groups excluding tert-OH is 1. The predicted octanol–water partition coefficient (Wildman–Crippen LogP) is 2.19. The van der Waals surface area contributed by atoms with Crippen molar-refractivity contribution in [1.29, 1.82) is 0 Å². The Kier molecular flexibility index (Phi) is 6.23. The van der Waals surface area contributed by atoms with Crippen LogP contribution in [0, 0.1) is 11.3 Å². The number of hydrogen-bond donors (Lipinski definition) is 2. The smallest absolute Gasteiger partial charge is 0.129 e. The molecule has 0 aromatic heterocycles. The van der Waals surface area contributed by atoms with E-state index in [2.05, 4.69) is 23.1 Å². The molecule has 5 heteroatoms. The van der Waals surface area contributed by atoms with E-state index in [9.17, 15) is 5.11 Å². The number of likely N-dealkylation sites (N-methyl/N-ethyl adjacent to an activating group) is 1. The van der Waals surface area contributed by atoms with E-state index in [1.165, 1.54) is 5.57 Å². The molecule has 23 heavy (non-hydrogen) atoms. The summed E-state index contributed by atoms with van der Waals surface area (Å²) in [5, 5.41) is 24.3.